The van der Waals surface area contributed by atoms with Gasteiger partial charge in [0.15, 0.2) is 6.61 Å². The number of aryl methyl sites for hydroxylation is 2. The summed E-state index contributed by atoms with van der Waals surface area (Å²) in [5.41, 5.74) is 3.59. The van der Waals surface area contributed by atoms with E-state index in [4.69, 9.17) is 4.74 Å². The van der Waals surface area contributed by atoms with Crippen LogP contribution in [0.5, 0.6) is 5.75 Å². The van der Waals surface area contributed by atoms with Crippen LogP contribution in [0.25, 0.3) is 0 Å². The zero-order valence-electron chi connectivity index (χ0n) is 16.2. The predicted molar refractivity (Wildman–Crippen MR) is 104 cm³/mol. The summed E-state index contributed by atoms with van der Waals surface area (Å²) in [5, 5.41) is 4.59. The smallest absolute Gasteiger partial charge is 0.260 e. The number of ether oxygens (including phenoxy) is 1. The number of hydrogen-bond donors (Lipinski definition) is 0. The van der Waals surface area contributed by atoms with Crippen molar-refractivity contribution in [2.75, 3.05) is 32.8 Å². The number of benzene rings is 1. The molecule has 0 unspecified atom stereocenters. The molecule has 2 aliphatic heterocycles. The third-order valence-electron chi connectivity index (χ3n) is 5.48. The van der Waals surface area contributed by atoms with Crippen LogP contribution >= 0.6 is 0 Å². The van der Waals surface area contributed by atoms with Crippen LogP contribution in [0.2, 0.25) is 0 Å². The minimum Gasteiger partial charge on any atom is -0.484 e. The number of hydrogen-bond acceptors (Lipinski definition) is 4. The van der Waals surface area contributed by atoms with Crippen LogP contribution in [0.3, 0.4) is 0 Å². The summed E-state index contributed by atoms with van der Waals surface area (Å²) in [6.45, 7) is 9.04. The van der Waals surface area contributed by atoms with Gasteiger partial charge >= 0.3 is 0 Å². The van der Waals surface area contributed by atoms with E-state index in [1.54, 1.807) is 0 Å². The highest BCUT2D eigenvalue weighted by Gasteiger charge is 2.29. The first kappa shape index (κ1) is 18.0. The van der Waals surface area contributed by atoms with E-state index < -0.39 is 0 Å². The minimum absolute atomic E-state index is 0.0901. The lowest BCUT2D eigenvalue weighted by Crippen LogP contribution is -2.47. The fourth-order valence-corrected chi connectivity index (χ4v) is 3.99. The van der Waals surface area contributed by atoms with Gasteiger partial charge < -0.3 is 9.64 Å². The quantitative estimate of drug-likeness (QED) is 0.786. The maximum Gasteiger partial charge on any atom is 0.260 e. The molecule has 2 aromatic rings. The lowest BCUT2D eigenvalue weighted by Gasteiger charge is -2.39. The van der Waals surface area contributed by atoms with E-state index in [1.807, 2.05) is 24.0 Å². The summed E-state index contributed by atoms with van der Waals surface area (Å²) in [5.74, 6) is 0.850. The Balaban J connectivity index is 1.23. The van der Waals surface area contributed by atoms with Crippen molar-refractivity contribution in [1.82, 2.24) is 19.6 Å². The van der Waals surface area contributed by atoms with Crippen molar-refractivity contribution in [3.05, 3.63) is 47.3 Å². The second kappa shape index (κ2) is 7.72. The third kappa shape index (κ3) is 4.16. The maximum absolute atomic E-state index is 12.0. The van der Waals surface area contributed by atoms with Gasteiger partial charge in [0.25, 0.3) is 5.91 Å². The van der Waals surface area contributed by atoms with Crippen molar-refractivity contribution in [1.29, 1.82) is 0 Å². The van der Waals surface area contributed by atoms with Gasteiger partial charge in [-0.05, 0) is 50.5 Å². The van der Waals surface area contributed by atoms with Crippen LogP contribution < -0.4 is 4.74 Å². The topological polar surface area (TPSA) is 50.6 Å². The molecule has 2 saturated heterocycles. The molecule has 0 radical (unpaired) electrons. The highest BCUT2D eigenvalue weighted by atomic mass is 16.5. The highest BCUT2D eigenvalue weighted by molar-refractivity contribution is 5.78. The molecule has 144 valence electrons. The van der Waals surface area contributed by atoms with Crippen molar-refractivity contribution in [3.63, 3.8) is 0 Å². The van der Waals surface area contributed by atoms with Gasteiger partial charge in [0.2, 0.25) is 0 Å². The van der Waals surface area contributed by atoms with E-state index in [0.717, 1.165) is 57.0 Å². The fraction of sp³-hybridized carbons (Fsp3) is 0.524. The van der Waals surface area contributed by atoms with Crippen LogP contribution in [0.15, 0.2) is 30.3 Å². The van der Waals surface area contributed by atoms with Gasteiger partial charge in [-0.3, -0.25) is 14.4 Å². The third-order valence-corrected chi connectivity index (χ3v) is 5.48. The molecule has 1 aromatic carbocycles. The molecule has 6 heteroatoms. The molecule has 0 spiro atoms. The maximum atomic E-state index is 12.0. The summed E-state index contributed by atoms with van der Waals surface area (Å²) < 4.78 is 7.81. The number of rotatable bonds is 6. The average molecular weight is 368 g/mol. The Kier molecular flexibility index (Phi) is 5.16. The summed E-state index contributed by atoms with van der Waals surface area (Å²) in [7, 11) is 0. The van der Waals surface area contributed by atoms with Crippen molar-refractivity contribution in [2.45, 2.75) is 39.3 Å². The molecule has 2 fully saturated rings. The van der Waals surface area contributed by atoms with Crippen molar-refractivity contribution in [3.8, 4) is 5.75 Å². The molecule has 4 rings (SSSR count). The van der Waals surface area contributed by atoms with Crippen molar-refractivity contribution >= 4 is 5.91 Å². The monoisotopic (exact) mass is 368 g/mol. The van der Waals surface area contributed by atoms with Crippen LogP contribution in [0.1, 0.15) is 35.8 Å². The highest BCUT2D eigenvalue weighted by Crippen LogP contribution is 2.25. The van der Waals surface area contributed by atoms with Gasteiger partial charge in [-0.15, -0.1) is 0 Å². The zero-order chi connectivity index (χ0) is 18.8. The fourth-order valence-electron chi connectivity index (χ4n) is 3.99. The predicted octanol–water partition coefficient (Wildman–Crippen LogP) is 2.56. The lowest BCUT2D eigenvalue weighted by atomic mass is 10.1. The number of likely N-dealkylation sites (tertiary alicyclic amines) is 2. The average Bonchev–Trinajstić information content (AvgIpc) is 3.26. The Morgan fingerprint density at radius 2 is 1.85 bits per heavy atom. The van der Waals surface area contributed by atoms with E-state index in [-0.39, 0.29) is 12.5 Å². The Morgan fingerprint density at radius 1 is 1.15 bits per heavy atom. The second-order valence-electron chi connectivity index (χ2n) is 7.74. The van der Waals surface area contributed by atoms with Crippen molar-refractivity contribution in [2.24, 2.45) is 0 Å². The molecule has 2 aliphatic rings. The van der Waals surface area contributed by atoms with Crippen LogP contribution in [0.4, 0.5) is 0 Å². The molecule has 0 bridgehead atoms. The first-order valence-corrected chi connectivity index (χ1v) is 9.83. The standard InChI is InChI=1S/C21H28N4O2/c1-16-11-17(2)25(22-16)19-13-23(14-19)12-18-5-7-20(8-6-18)27-15-21(26)24-9-3-4-10-24/h5-8,11,19H,3-4,9-10,12-15H2,1-2H3. The molecular formula is C21H28N4O2. The summed E-state index contributed by atoms with van der Waals surface area (Å²) in [6, 6.07) is 10.7. The van der Waals surface area contributed by atoms with Crippen LogP contribution in [-0.4, -0.2) is 58.3 Å². The normalized spacial score (nSPS) is 17.9. The Hall–Kier alpha value is -2.34. The summed E-state index contributed by atoms with van der Waals surface area (Å²) in [4.78, 5) is 16.3. The van der Waals surface area contributed by atoms with E-state index in [0.29, 0.717) is 6.04 Å². The SMILES string of the molecule is Cc1cc(C)n(C2CN(Cc3ccc(OCC(=O)N4CCCC4)cc3)C2)n1. The van der Waals surface area contributed by atoms with E-state index in [2.05, 4.69) is 39.8 Å². The Morgan fingerprint density at radius 3 is 2.48 bits per heavy atom. The lowest BCUT2D eigenvalue weighted by molar-refractivity contribution is -0.132. The molecule has 1 aromatic heterocycles. The summed E-state index contributed by atoms with van der Waals surface area (Å²) >= 11 is 0. The molecule has 3 heterocycles. The van der Waals surface area contributed by atoms with Gasteiger partial charge in [-0.25, -0.2) is 0 Å². The molecule has 0 aliphatic carbocycles. The van der Waals surface area contributed by atoms with E-state index in [9.17, 15) is 4.79 Å². The number of amides is 1. The largest absolute Gasteiger partial charge is 0.484 e. The first-order chi connectivity index (χ1) is 13.1. The zero-order valence-corrected chi connectivity index (χ0v) is 16.2. The molecule has 0 atom stereocenters. The molecule has 27 heavy (non-hydrogen) atoms. The Bertz CT molecular complexity index is 787. The molecular weight excluding hydrogens is 340 g/mol. The number of aromatic nitrogens is 2. The van der Waals surface area contributed by atoms with Gasteiger partial charge in [0, 0.05) is 38.4 Å². The van der Waals surface area contributed by atoms with Crippen molar-refractivity contribution < 1.29 is 9.53 Å². The molecule has 6 nitrogen and oxygen atoms in total. The van der Waals surface area contributed by atoms with E-state index >= 15 is 0 Å². The van der Waals surface area contributed by atoms with Crippen LogP contribution in [0, 0.1) is 13.8 Å². The van der Waals surface area contributed by atoms with Gasteiger partial charge in [0.1, 0.15) is 5.75 Å². The van der Waals surface area contributed by atoms with Gasteiger partial charge in [-0.1, -0.05) is 12.1 Å². The Labute approximate surface area is 160 Å². The van der Waals surface area contributed by atoms with Gasteiger partial charge in [0.05, 0.1) is 11.7 Å². The minimum atomic E-state index is 0.0901. The number of carbonyl (C=O) groups excluding carboxylic acids is 1. The second-order valence-corrected chi connectivity index (χ2v) is 7.74. The molecule has 0 saturated carbocycles. The van der Waals surface area contributed by atoms with Gasteiger partial charge in [-0.2, -0.15) is 5.10 Å². The molecule has 1 amide bonds. The molecule has 0 N–H and O–H groups in total. The van der Waals surface area contributed by atoms with E-state index in [1.165, 1.54) is 11.3 Å². The number of nitrogens with zero attached hydrogens (tertiary/aromatic N) is 4. The van der Waals surface area contributed by atoms with Crippen LogP contribution in [-0.2, 0) is 11.3 Å². The summed E-state index contributed by atoms with van der Waals surface area (Å²) in [6.07, 6.45) is 2.22. The number of carbonyl (C=O) groups is 1. The first-order valence-electron chi connectivity index (χ1n) is 9.83.